The first kappa shape index (κ1) is 16.4. The van der Waals surface area contributed by atoms with Crippen LogP contribution < -0.4 is 0 Å². The van der Waals surface area contributed by atoms with E-state index in [0.29, 0.717) is 0 Å². The monoisotopic (exact) mass is 291 g/mol. The lowest BCUT2D eigenvalue weighted by molar-refractivity contribution is -0.181. The summed E-state index contributed by atoms with van der Waals surface area (Å²) >= 11 is 0. The highest BCUT2D eigenvalue weighted by Gasteiger charge is 2.49. The maximum atomic E-state index is 11.1. The largest absolute Gasteiger partial charge is 0.463 e. The van der Waals surface area contributed by atoms with E-state index < -0.39 is 42.5 Å². The molecular weight excluding hydrogens is 273 g/mol. The number of esters is 3. The van der Waals surface area contributed by atoms with E-state index in [-0.39, 0.29) is 6.61 Å². The molecule has 0 aromatic carbocycles. The minimum absolute atomic E-state index is 0.134. The molecule has 1 rings (SSSR count). The van der Waals surface area contributed by atoms with Crippen LogP contribution in [0.15, 0.2) is 0 Å². The second kappa shape index (κ2) is 7.20. The second-order valence-electron chi connectivity index (χ2n) is 4.23. The minimum Gasteiger partial charge on any atom is -0.463 e. The quantitative estimate of drug-likeness (QED) is 0.390. The topological polar surface area (TPSA) is 97.4 Å². The third kappa shape index (κ3) is 4.46. The zero-order chi connectivity index (χ0) is 15.3. The van der Waals surface area contributed by atoms with Gasteiger partial charge in [-0.2, -0.15) is 0 Å². The molecule has 20 heavy (non-hydrogen) atoms. The molecule has 4 atom stereocenters. The van der Waals surface area contributed by atoms with E-state index in [0.717, 1.165) is 0 Å². The number of ether oxygens (including phenoxy) is 5. The molecule has 1 aliphatic rings. The van der Waals surface area contributed by atoms with Crippen molar-refractivity contribution in [3.8, 4) is 0 Å². The van der Waals surface area contributed by atoms with Crippen molar-refractivity contribution < 1.29 is 38.1 Å². The predicted molar refractivity (Wildman–Crippen MR) is 63.4 cm³/mol. The molecule has 0 radical (unpaired) electrons. The summed E-state index contributed by atoms with van der Waals surface area (Å²) in [5.74, 6) is -1.63. The van der Waals surface area contributed by atoms with Gasteiger partial charge in [0.1, 0.15) is 12.7 Å². The molecular formula is C12H18O8. The highest BCUT2D eigenvalue weighted by molar-refractivity contribution is 5.67. The summed E-state index contributed by atoms with van der Waals surface area (Å²) in [5.41, 5.74) is 0. The second-order valence-corrected chi connectivity index (χ2v) is 4.23. The van der Waals surface area contributed by atoms with Crippen molar-refractivity contribution in [2.45, 2.75) is 45.4 Å². The summed E-state index contributed by atoms with van der Waals surface area (Å²) in [6, 6.07) is 0. The first-order valence-electron chi connectivity index (χ1n) is 6.01. The van der Waals surface area contributed by atoms with Gasteiger partial charge in [0.05, 0.1) is 0 Å². The third-order valence-electron chi connectivity index (χ3n) is 2.55. The van der Waals surface area contributed by atoms with Gasteiger partial charge in [0.2, 0.25) is 0 Å². The van der Waals surface area contributed by atoms with Gasteiger partial charge in [0, 0.05) is 27.9 Å². The summed E-state index contributed by atoms with van der Waals surface area (Å²) in [6.07, 6.45) is -3.48. The Morgan fingerprint density at radius 1 is 0.950 bits per heavy atom. The van der Waals surface area contributed by atoms with E-state index in [1.54, 1.807) is 0 Å². The number of hydrogen-bond acceptors (Lipinski definition) is 8. The molecule has 8 nitrogen and oxygen atoms in total. The van der Waals surface area contributed by atoms with Gasteiger partial charge in [-0.3, -0.25) is 14.4 Å². The average molecular weight is 291 g/mol. The Balaban J connectivity index is 2.84. The van der Waals surface area contributed by atoms with E-state index in [4.69, 9.17) is 23.7 Å². The highest BCUT2D eigenvalue weighted by atomic mass is 16.8. The molecule has 0 unspecified atom stereocenters. The first-order chi connectivity index (χ1) is 9.35. The summed E-state index contributed by atoms with van der Waals surface area (Å²) < 4.78 is 25.5. The molecule has 1 fully saturated rings. The number of methoxy groups -OCH3 is 1. The molecule has 0 aromatic rings. The minimum atomic E-state index is -0.915. The van der Waals surface area contributed by atoms with Crippen LogP contribution in [0, 0.1) is 0 Å². The average Bonchev–Trinajstić information content (AvgIpc) is 2.63. The van der Waals surface area contributed by atoms with E-state index in [9.17, 15) is 14.4 Å². The molecule has 0 spiro atoms. The molecule has 0 aromatic heterocycles. The Morgan fingerprint density at radius 3 is 1.95 bits per heavy atom. The summed E-state index contributed by atoms with van der Waals surface area (Å²) in [4.78, 5) is 33.1. The molecule has 0 bridgehead atoms. The van der Waals surface area contributed by atoms with Gasteiger partial charge in [-0.15, -0.1) is 0 Å². The van der Waals surface area contributed by atoms with Crippen LogP contribution in [0.1, 0.15) is 20.8 Å². The molecule has 1 heterocycles. The number of rotatable bonds is 5. The Bertz CT molecular complexity index is 380. The fraction of sp³-hybridized carbons (Fsp3) is 0.750. The van der Waals surface area contributed by atoms with Gasteiger partial charge in [-0.1, -0.05) is 0 Å². The van der Waals surface area contributed by atoms with Crippen LogP contribution in [-0.2, 0) is 38.1 Å². The van der Waals surface area contributed by atoms with Crippen molar-refractivity contribution >= 4 is 17.9 Å². The van der Waals surface area contributed by atoms with Gasteiger partial charge < -0.3 is 23.7 Å². The van der Waals surface area contributed by atoms with Crippen molar-refractivity contribution in [2.24, 2.45) is 0 Å². The first-order valence-corrected chi connectivity index (χ1v) is 6.01. The van der Waals surface area contributed by atoms with E-state index in [1.807, 2.05) is 0 Å². The Kier molecular flexibility index (Phi) is 5.90. The zero-order valence-corrected chi connectivity index (χ0v) is 11.8. The van der Waals surface area contributed by atoms with Crippen molar-refractivity contribution in [1.82, 2.24) is 0 Å². The molecule has 8 heteroatoms. The molecule has 1 aliphatic heterocycles. The van der Waals surface area contributed by atoms with Crippen LogP contribution in [0.3, 0.4) is 0 Å². The Morgan fingerprint density at radius 2 is 1.50 bits per heavy atom. The lowest BCUT2D eigenvalue weighted by Gasteiger charge is -2.22. The number of carbonyl (C=O) groups is 3. The fourth-order valence-corrected chi connectivity index (χ4v) is 1.87. The summed E-state index contributed by atoms with van der Waals surface area (Å²) in [7, 11) is 1.36. The fourth-order valence-electron chi connectivity index (χ4n) is 1.87. The normalized spacial score (nSPS) is 28.8. The van der Waals surface area contributed by atoms with Gasteiger partial charge in [-0.05, 0) is 0 Å². The van der Waals surface area contributed by atoms with Gasteiger partial charge in [-0.25, -0.2) is 0 Å². The van der Waals surface area contributed by atoms with E-state index in [1.165, 1.54) is 27.9 Å². The van der Waals surface area contributed by atoms with Crippen LogP contribution in [0.25, 0.3) is 0 Å². The van der Waals surface area contributed by atoms with Crippen LogP contribution in [0.4, 0.5) is 0 Å². The van der Waals surface area contributed by atoms with Crippen molar-refractivity contribution in [1.29, 1.82) is 0 Å². The lowest BCUT2D eigenvalue weighted by atomic mass is 10.2. The molecule has 0 aliphatic carbocycles. The molecule has 0 saturated carbocycles. The van der Waals surface area contributed by atoms with Gasteiger partial charge in [0.15, 0.2) is 18.5 Å². The Labute approximate surface area is 116 Å². The van der Waals surface area contributed by atoms with Crippen LogP contribution in [-0.4, -0.2) is 56.2 Å². The maximum Gasteiger partial charge on any atom is 0.303 e. The van der Waals surface area contributed by atoms with Crippen molar-refractivity contribution in [3.63, 3.8) is 0 Å². The predicted octanol–water partition coefficient (Wildman–Crippen LogP) is -0.216. The standard InChI is InChI=1S/C12H18O8/c1-6(13)17-5-9-10(18-7(2)14)11(19-8(3)15)12(16-4)20-9/h9-12H,5H2,1-4H3/t9-,10-,11-,12-/m1/s1/i12+1. The molecule has 114 valence electrons. The summed E-state index contributed by atoms with van der Waals surface area (Å²) in [6.45, 7) is 3.54. The van der Waals surface area contributed by atoms with Crippen LogP contribution in [0.2, 0.25) is 0 Å². The van der Waals surface area contributed by atoms with Gasteiger partial charge in [0.25, 0.3) is 0 Å². The molecule has 0 N–H and O–H groups in total. The lowest BCUT2D eigenvalue weighted by Crippen LogP contribution is -2.41. The third-order valence-corrected chi connectivity index (χ3v) is 2.55. The Hall–Kier alpha value is -1.67. The SMILES string of the molecule is CO[13C@@H]1O[C@H](COC(C)=O)[C@@H](OC(C)=O)[C@H]1OC(C)=O. The van der Waals surface area contributed by atoms with Crippen molar-refractivity contribution in [3.05, 3.63) is 0 Å². The number of hydrogen-bond donors (Lipinski definition) is 0. The van der Waals surface area contributed by atoms with Crippen molar-refractivity contribution in [2.75, 3.05) is 13.7 Å². The maximum absolute atomic E-state index is 11.1. The van der Waals surface area contributed by atoms with E-state index in [2.05, 4.69) is 0 Å². The zero-order valence-electron chi connectivity index (χ0n) is 11.8. The van der Waals surface area contributed by atoms with Gasteiger partial charge >= 0.3 is 17.9 Å². The molecule has 0 amide bonds. The van der Waals surface area contributed by atoms with Crippen LogP contribution in [0.5, 0.6) is 0 Å². The highest BCUT2D eigenvalue weighted by Crippen LogP contribution is 2.27. The van der Waals surface area contributed by atoms with Crippen LogP contribution >= 0.6 is 0 Å². The number of carbonyl (C=O) groups excluding carboxylic acids is 3. The van der Waals surface area contributed by atoms with E-state index >= 15 is 0 Å². The summed E-state index contributed by atoms with van der Waals surface area (Å²) in [5, 5.41) is 0. The smallest absolute Gasteiger partial charge is 0.303 e. The molecule has 1 saturated heterocycles.